The Morgan fingerprint density at radius 3 is 2.19 bits per heavy atom. The van der Waals surface area contributed by atoms with Crippen LogP contribution >= 0.6 is 0 Å². The SMILES string of the molecule is C/C(=N\N)N(C)C(CC(C)N)CC(C)(C)C. The van der Waals surface area contributed by atoms with Crippen molar-refractivity contribution in [2.45, 2.75) is 59.5 Å². The first-order chi connectivity index (χ1) is 7.17. The normalized spacial score (nSPS) is 17.1. The molecule has 2 atom stereocenters. The van der Waals surface area contributed by atoms with Crippen LogP contribution in [0.2, 0.25) is 0 Å². The second-order valence-corrected chi connectivity index (χ2v) is 5.92. The van der Waals surface area contributed by atoms with Crippen LogP contribution in [0, 0.1) is 5.41 Å². The molecule has 0 spiro atoms. The van der Waals surface area contributed by atoms with Crippen LogP contribution in [0.25, 0.3) is 0 Å². The molecule has 2 unspecified atom stereocenters. The van der Waals surface area contributed by atoms with Gasteiger partial charge in [0.15, 0.2) is 0 Å². The summed E-state index contributed by atoms with van der Waals surface area (Å²) in [6.07, 6.45) is 2.04. The number of rotatable bonds is 4. The Kier molecular flexibility index (Phi) is 5.79. The summed E-state index contributed by atoms with van der Waals surface area (Å²) in [4.78, 5) is 2.13. The molecule has 0 aromatic heterocycles. The average molecular weight is 228 g/mol. The molecule has 16 heavy (non-hydrogen) atoms. The van der Waals surface area contributed by atoms with Gasteiger partial charge in [-0.1, -0.05) is 20.8 Å². The number of hydrogen-bond donors (Lipinski definition) is 2. The zero-order chi connectivity index (χ0) is 12.9. The zero-order valence-corrected chi connectivity index (χ0v) is 11.6. The first kappa shape index (κ1) is 15.2. The average Bonchev–Trinajstić information content (AvgIpc) is 2.11. The van der Waals surface area contributed by atoms with Crippen LogP contribution in [-0.2, 0) is 0 Å². The van der Waals surface area contributed by atoms with Gasteiger partial charge < -0.3 is 16.5 Å². The molecule has 0 rings (SSSR count). The van der Waals surface area contributed by atoms with Crippen LogP contribution in [0.15, 0.2) is 5.10 Å². The highest BCUT2D eigenvalue weighted by Crippen LogP contribution is 2.25. The lowest BCUT2D eigenvalue weighted by Gasteiger charge is -2.35. The van der Waals surface area contributed by atoms with E-state index in [1.165, 1.54) is 0 Å². The van der Waals surface area contributed by atoms with Crippen molar-refractivity contribution in [3.63, 3.8) is 0 Å². The Hall–Kier alpha value is -0.770. The topological polar surface area (TPSA) is 67.6 Å². The Labute approximate surface area is 100 Å². The quantitative estimate of drug-likeness (QED) is 0.333. The maximum atomic E-state index is 5.89. The van der Waals surface area contributed by atoms with Gasteiger partial charge in [-0.15, -0.1) is 0 Å². The van der Waals surface area contributed by atoms with Crippen molar-refractivity contribution in [3.8, 4) is 0 Å². The van der Waals surface area contributed by atoms with Gasteiger partial charge in [0.25, 0.3) is 0 Å². The van der Waals surface area contributed by atoms with Crippen molar-refractivity contribution >= 4 is 5.84 Å². The molecule has 0 saturated heterocycles. The maximum absolute atomic E-state index is 5.89. The lowest BCUT2D eigenvalue weighted by atomic mass is 9.85. The van der Waals surface area contributed by atoms with E-state index in [4.69, 9.17) is 11.6 Å². The van der Waals surface area contributed by atoms with E-state index in [2.05, 4.69) is 30.8 Å². The molecule has 0 aliphatic heterocycles. The van der Waals surface area contributed by atoms with Crippen molar-refractivity contribution < 1.29 is 0 Å². The summed E-state index contributed by atoms with van der Waals surface area (Å²) in [5.41, 5.74) is 6.17. The summed E-state index contributed by atoms with van der Waals surface area (Å²) in [5, 5.41) is 3.75. The number of hydrazone groups is 1. The van der Waals surface area contributed by atoms with Gasteiger partial charge in [-0.2, -0.15) is 5.10 Å². The fourth-order valence-corrected chi connectivity index (χ4v) is 1.87. The second-order valence-electron chi connectivity index (χ2n) is 5.92. The molecule has 0 aromatic carbocycles. The Bertz CT molecular complexity index is 228. The van der Waals surface area contributed by atoms with E-state index < -0.39 is 0 Å². The molecule has 0 aliphatic carbocycles. The Morgan fingerprint density at radius 1 is 1.38 bits per heavy atom. The van der Waals surface area contributed by atoms with E-state index in [0.717, 1.165) is 18.7 Å². The van der Waals surface area contributed by atoms with Gasteiger partial charge in [-0.3, -0.25) is 0 Å². The second kappa shape index (κ2) is 6.09. The Morgan fingerprint density at radius 2 is 1.88 bits per heavy atom. The molecule has 96 valence electrons. The third-order valence-corrected chi connectivity index (χ3v) is 2.74. The summed E-state index contributed by atoms with van der Waals surface area (Å²) >= 11 is 0. The third kappa shape index (κ3) is 5.95. The lowest BCUT2D eigenvalue weighted by Crippen LogP contribution is -2.41. The molecule has 4 nitrogen and oxygen atoms in total. The van der Waals surface area contributed by atoms with E-state index in [1.807, 2.05) is 20.9 Å². The highest BCUT2D eigenvalue weighted by atomic mass is 15.3. The minimum absolute atomic E-state index is 0.195. The minimum atomic E-state index is 0.195. The van der Waals surface area contributed by atoms with Gasteiger partial charge in [0.05, 0.1) is 0 Å². The monoisotopic (exact) mass is 228 g/mol. The van der Waals surface area contributed by atoms with E-state index in [0.29, 0.717) is 6.04 Å². The first-order valence-corrected chi connectivity index (χ1v) is 5.90. The van der Waals surface area contributed by atoms with E-state index in [1.54, 1.807) is 0 Å². The summed E-state index contributed by atoms with van der Waals surface area (Å²) < 4.78 is 0. The molecule has 4 N–H and O–H groups in total. The molecule has 0 aromatic rings. The van der Waals surface area contributed by atoms with Crippen molar-refractivity contribution in [1.29, 1.82) is 0 Å². The standard InChI is InChI=1S/C12H28N4/c1-9(13)7-11(8-12(3,4)5)16(6)10(2)15-14/h9,11H,7-8,13-14H2,1-6H3/b15-10+. The first-order valence-electron chi connectivity index (χ1n) is 5.90. The van der Waals surface area contributed by atoms with Crippen LogP contribution in [0.1, 0.15) is 47.5 Å². The van der Waals surface area contributed by atoms with Gasteiger partial charge in [0.1, 0.15) is 5.84 Å². The molecule has 4 heteroatoms. The van der Waals surface area contributed by atoms with Gasteiger partial charge in [-0.25, -0.2) is 0 Å². The number of nitrogens with two attached hydrogens (primary N) is 2. The highest BCUT2D eigenvalue weighted by Gasteiger charge is 2.23. The smallest absolute Gasteiger partial charge is 0.121 e. The number of hydrogen-bond acceptors (Lipinski definition) is 3. The fourth-order valence-electron chi connectivity index (χ4n) is 1.87. The van der Waals surface area contributed by atoms with Crippen LogP contribution in [-0.4, -0.2) is 29.9 Å². The summed E-state index contributed by atoms with van der Waals surface area (Å²) in [5.74, 6) is 6.18. The predicted molar refractivity (Wildman–Crippen MR) is 71.2 cm³/mol. The van der Waals surface area contributed by atoms with Crippen molar-refractivity contribution in [2.75, 3.05) is 7.05 Å². The van der Waals surface area contributed by atoms with E-state index >= 15 is 0 Å². The largest absolute Gasteiger partial charge is 0.359 e. The highest BCUT2D eigenvalue weighted by molar-refractivity contribution is 5.79. The van der Waals surface area contributed by atoms with Gasteiger partial charge in [-0.05, 0) is 32.1 Å². The molecule has 0 heterocycles. The van der Waals surface area contributed by atoms with Crippen molar-refractivity contribution in [2.24, 2.45) is 22.1 Å². The van der Waals surface area contributed by atoms with Crippen molar-refractivity contribution in [3.05, 3.63) is 0 Å². The fraction of sp³-hybridized carbons (Fsp3) is 0.917. The maximum Gasteiger partial charge on any atom is 0.121 e. The number of nitrogens with zero attached hydrogens (tertiary/aromatic N) is 2. The summed E-state index contributed by atoms with van der Waals surface area (Å²) in [6.45, 7) is 10.7. The third-order valence-electron chi connectivity index (χ3n) is 2.74. The molecule has 0 fully saturated rings. The van der Waals surface area contributed by atoms with Crippen LogP contribution in [0.3, 0.4) is 0 Å². The molecule has 0 radical (unpaired) electrons. The minimum Gasteiger partial charge on any atom is -0.359 e. The van der Waals surface area contributed by atoms with E-state index in [-0.39, 0.29) is 11.5 Å². The van der Waals surface area contributed by atoms with Crippen LogP contribution in [0.5, 0.6) is 0 Å². The van der Waals surface area contributed by atoms with E-state index in [9.17, 15) is 0 Å². The number of amidine groups is 1. The molecular formula is C12H28N4. The molecule has 0 bridgehead atoms. The summed E-state index contributed by atoms with van der Waals surface area (Å²) in [7, 11) is 2.03. The summed E-state index contributed by atoms with van der Waals surface area (Å²) in [6, 6.07) is 0.590. The molecule has 0 aliphatic rings. The van der Waals surface area contributed by atoms with Gasteiger partial charge in [0, 0.05) is 19.1 Å². The zero-order valence-electron chi connectivity index (χ0n) is 11.6. The lowest BCUT2D eigenvalue weighted by molar-refractivity contribution is 0.227. The van der Waals surface area contributed by atoms with Crippen LogP contribution in [0.4, 0.5) is 0 Å². The van der Waals surface area contributed by atoms with Crippen molar-refractivity contribution in [1.82, 2.24) is 4.90 Å². The molecule has 0 saturated carbocycles. The molecular weight excluding hydrogens is 200 g/mol. The van der Waals surface area contributed by atoms with Gasteiger partial charge >= 0.3 is 0 Å². The predicted octanol–water partition coefficient (Wildman–Crippen LogP) is 1.75. The van der Waals surface area contributed by atoms with Crippen LogP contribution < -0.4 is 11.6 Å². The Balaban J connectivity index is 4.66. The van der Waals surface area contributed by atoms with Gasteiger partial charge in [0.2, 0.25) is 0 Å². The molecule has 0 amide bonds.